The van der Waals surface area contributed by atoms with Crippen molar-refractivity contribution in [3.05, 3.63) is 23.5 Å². The zero-order valence-electron chi connectivity index (χ0n) is 13.0. The molecule has 0 N–H and O–H groups in total. The summed E-state index contributed by atoms with van der Waals surface area (Å²) in [6, 6.07) is 1.90. The van der Waals surface area contributed by atoms with Gasteiger partial charge in [0.25, 0.3) is 0 Å². The second kappa shape index (κ2) is 5.24. The molecule has 1 unspecified atom stereocenters. The van der Waals surface area contributed by atoms with Gasteiger partial charge in [-0.2, -0.15) is 0 Å². The van der Waals surface area contributed by atoms with E-state index in [4.69, 9.17) is 9.31 Å². The largest absolute Gasteiger partial charge is 0.497 e. The first-order valence-electron chi connectivity index (χ1n) is 6.74. The van der Waals surface area contributed by atoms with Crippen LogP contribution in [-0.2, 0) is 25.9 Å². The molecule has 1 saturated heterocycles. The molecule has 6 heteroatoms. The van der Waals surface area contributed by atoms with Gasteiger partial charge in [-0.15, -0.1) is 0 Å². The van der Waals surface area contributed by atoms with Crippen LogP contribution in [0.2, 0.25) is 0 Å². The predicted octanol–water partition coefficient (Wildman–Crippen LogP) is 1.57. The fourth-order valence-electron chi connectivity index (χ4n) is 2.26. The van der Waals surface area contributed by atoms with E-state index in [1.54, 1.807) is 12.5 Å². The first kappa shape index (κ1) is 15.7. The van der Waals surface area contributed by atoms with Crippen LogP contribution in [0.1, 0.15) is 39.0 Å². The van der Waals surface area contributed by atoms with Crippen molar-refractivity contribution < 1.29 is 13.5 Å². The smallest absolute Gasteiger partial charge is 0.399 e. The average Bonchev–Trinajstić information content (AvgIpc) is 2.46. The van der Waals surface area contributed by atoms with Crippen molar-refractivity contribution in [1.29, 1.82) is 0 Å². The lowest BCUT2D eigenvalue weighted by atomic mass is 9.75. The second-order valence-corrected chi connectivity index (χ2v) is 7.71. The Morgan fingerprint density at radius 2 is 1.80 bits per heavy atom. The molecule has 0 aromatic carbocycles. The van der Waals surface area contributed by atoms with Crippen LogP contribution in [0.5, 0.6) is 0 Å². The van der Waals surface area contributed by atoms with E-state index in [0.29, 0.717) is 5.75 Å². The number of nitrogens with zero attached hydrogens (tertiary/aromatic N) is 1. The number of aromatic nitrogens is 1. The molecule has 1 aromatic heterocycles. The minimum Gasteiger partial charge on any atom is -0.399 e. The maximum atomic E-state index is 11.6. The zero-order chi connectivity index (χ0) is 15.1. The summed E-state index contributed by atoms with van der Waals surface area (Å²) in [5, 5.41) is 0. The van der Waals surface area contributed by atoms with Gasteiger partial charge in [-0.1, -0.05) is 0 Å². The van der Waals surface area contributed by atoms with E-state index in [2.05, 4.69) is 4.98 Å². The summed E-state index contributed by atoms with van der Waals surface area (Å²) in [5.41, 5.74) is 2.00. The van der Waals surface area contributed by atoms with E-state index < -0.39 is 17.9 Å². The van der Waals surface area contributed by atoms with Crippen molar-refractivity contribution in [2.24, 2.45) is 0 Å². The quantitative estimate of drug-likeness (QED) is 0.794. The first-order chi connectivity index (χ1) is 9.14. The molecule has 0 aliphatic carbocycles. The number of hydrogen-bond donors (Lipinski definition) is 0. The summed E-state index contributed by atoms with van der Waals surface area (Å²) < 4.78 is 23.7. The molecule has 20 heavy (non-hydrogen) atoms. The maximum Gasteiger partial charge on any atom is 0.497 e. The average molecular weight is 295 g/mol. The third-order valence-electron chi connectivity index (χ3n) is 4.13. The number of aryl methyl sites for hydroxylation is 1. The molecule has 1 aliphatic heterocycles. The molecule has 2 rings (SSSR count). The molecule has 4 nitrogen and oxygen atoms in total. The van der Waals surface area contributed by atoms with Gasteiger partial charge in [0.1, 0.15) is 0 Å². The molecule has 1 aromatic rings. The zero-order valence-corrected chi connectivity index (χ0v) is 13.8. The highest BCUT2D eigenvalue weighted by molar-refractivity contribution is 7.83. The summed E-state index contributed by atoms with van der Waals surface area (Å²) in [6.45, 7) is 10.0. The molecule has 110 valence electrons. The van der Waals surface area contributed by atoms with Gasteiger partial charge in [-0.25, -0.2) is 0 Å². The van der Waals surface area contributed by atoms with Crippen LogP contribution in [0.15, 0.2) is 12.3 Å². The van der Waals surface area contributed by atoms with Crippen molar-refractivity contribution in [1.82, 2.24) is 4.98 Å². The van der Waals surface area contributed by atoms with Gasteiger partial charge >= 0.3 is 7.12 Å². The molecule has 0 bridgehead atoms. The summed E-state index contributed by atoms with van der Waals surface area (Å²) in [5.74, 6) is 0.489. The lowest BCUT2D eigenvalue weighted by Crippen LogP contribution is -2.41. The van der Waals surface area contributed by atoms with Gasteiger partial charge in [0.15, 0.2) is 0 Å². The van der Waals surface area contributed by atoms with Crippen molar-refractivity contribution >= 4 is 23.4 Å². The SMILES string of the molecule is Cc1nccc(CS(C)=O)c1B1OC(C)(C)C(C)(C)O1. The fraction of sp³-hybridized carbons (Fsp3) is 0.643. The Kier molecular flexibility index (Phi) is 4.11. The van der Waals surface area contributed by atoms with E-state index in [-0.39, 0.29) is 11.2 Å². The third kappa shape index (κ3) is 2.82. The maximum absolute atomic E-state index is 11.6. The Balaban J connectivity index is 2.41. The topological polar surface area (TPSA) is 48.4 Å². The molecule has 0 amide bonds. The molecular weight excluding hydrogens is 273 g/mol. The summed E-state index contributed by atoms with van der Waals surface area (Å²) in [6.07, 6.45) is 3.44. The van der Waals surface area contributed by atoms with Crippen LogP contribution < -0.4 is 5.46 Å². The van der Waals surface area contributed by atoms with Crippen LogP contribution in [0.25, 0.3) is 0 Å². The van der Waals surface area contributed by atoms with Crippen molar-refractivity contribution in [2.45, 2.75) is 51.6 Å². The van der Waals surface area contributed by atoms with E-state index in [1.807, 2.05) is 40.7 Å². The van der Waals surface area contributed by atoms with Gasteiger partial charge in [0, 0.05) is 40.2 Å². The highest BCUT2D eigenvalue weighted by atomic mass is 32.2. The second-order valence-electron chi connectivity index (χ2n) is 6.27. The van der Waals surface area contributed by atoms with Gasteiger partial charge in [0.2, 0.25) is 0 Å². The van der Waals surface area contributed by atoms with Crippen LogP contribution >= 0.6 is 0 Å². The number of rotatable bonds is 3. The highest BCUT2D eigenvalue weighted by Gasteiger charge is 2.52. The van der Waals surface area contributed by atoms with Crippen molar-refractivity contribution in [3.8, 4) is 0 Å². The number of pyridine rings is 1. The Morgan fingerprint density at radius 3 is 2.30 bits per heavy atom. The summed E-state index contributed by atoms with van der Waals surface area (Å²) >= 11 is 0. The summed E-state index contributed by atoms with van der Waals surface area (Å²) in [7, 11) is -1.36. The fourth-order valence-corrected chi connectivity index (χ4v) is 2.95. The molecule has 0 radical (unpaired) electrons. The van der Waals surface area contributed by atoms with Crippen LogP contribution in [0.4, 0.5) is 0 Å². The Hall–Kier alpha value is -0.715. The Bertz CT molecular complexity index is 529. The van der Waals surface area contributed by atoms with Crippen LogP contribution in [0.3, 0.4) is 0 Å². The molecule has 2 heterocycles. The molecule has 1 atom stereocenters. The molecule has 1 aliphatic rings. The lowest BCUT2D eigenvalue weighted by molar-refractivity contribution is 0.00578. The minimum absolute atomic E-state index is 0.386. The van der Waals surface area contributed by atoms with E-state index in [9.17, 15) is 4.21 Å². The minimum atomic E-state index is -0.912. The normalized spacial score (nSPS) is 22.0. The predicted molar refractivity (Wildman–Crippen MR) is 82.5 cm³/mol. The Morgan fingerprint density at radius 1 is 1.25 bits per heavy atom. The van der Waals surface area contributed by atoms with Crippen molar-refractivity contribution in [2.75, 3.05) is 6.26 Å². The number of hydrogen-bond acceptors (Lipinski definition) is 4. The van der Waals surface area contributed by atoms with E-state index in [1.165, 1.54) is 0 Å². The van der Waals surface area contributed by atoms with E-state index in [0.717, 1.165) is 16.7 Å². The van der Waals surface area contributed by atoms with E-state index >= 15 is 0 Å². The van der Waals surface area contributed by atoms with Crippen molar-refractivity contribution in [3.63, 3.8) is 0 Å². The van der Waals surface area contributed by atoms with Crippen LogP contribution in [-0.4, -0.2) is 33.8 Å². The monoisotopic (exact) mass is 295 g/mol. The van der Waals surface area contributed by atoms with Gasteiger partial charge in [0.05, 0.1) is 11.2 Å². The Labute approximate surface area is 123 Å². The van der Waals surface area contributed by atoms with Gasteiger partial charge < -0.3 is 9.31 Å². The summed E-state index contributed by atoms with van der Waals surface area (Å²) in [4.78, 5) is 4.33. The first-order valence-corrected chi connectivity index (χ1v) is 8.47. The lowest BCUT2D eigenvalue weighted by Gasteiger charge is -2.32. The molecular formula is C14H22BNO3S. The highest BCUT2D eigenvalue weighted by Crippen LogP contribution is 2.36. The van der Waals surface area contributed by atoms with Gasteiger partial charge in [-0.3, -0.25) is 9.19 Å². The van der Waals surface area contributed by atoms with Gasteiger partial charge in [-0.05, 0) is 46.2 Å². The molecule has 0 saturated carbocycles. The van der Waals surface area contributed by atoms with Crippen LogP contribution in [0, 0.1) is 6.92 Å². The third-order valence-corrected chi connectivity index (χ3v) is 4.84. The molecule has 1 fully saturated rings. The standard InChI is InChI=1S/C14H22BNO3S/c1-10-12(11(7-8-16-10)9-20(6)17)15-18-13(2,3)14(4,5)19-15/h7-8H,9H2,1-6H3. The molecule has 0 spiro atoms.